The number of alkyl halides is 3. The number of rotatable bonds is 4. The van der Waals surface area contributed by atoms with Gasteiger partial charge in [0.15, 0.2) is 0 Å². The molecule has 3 nitrogen and oxygen atoms in total. The first-order chi connectivity index (χ1) is 11.2. The van der Waals surface area contributed by atoms with Gasteiger partial charge >= 0.3 is 6.18 Å². The van der Waals surface area contributed by atoms with E-state index in [0.29, 0.717) is 11.6 Å². The number of benzene rings is 1. The molecule has 0 spiro atoms. The second-order valence-corrected chi connectivity index (χ2v) is 6.76. The van der Waals surface area contributed by atoms with Crippen molar-refractivity contribution in [2.24, 2.45) is 0 Å². The first-order valence-corrected chi connectivity index (χ1v) is 8.28. The molecular formula is C18H25F3N2O. The molecule has 2 rings (SSSR count). The van der Waals surface area contributed by atoms with Crippen molar-refractivity contribution in [3.63, 3.8) is 0 Å². The fourth-order valence-electron chi connectivity index (χ4n) is 3.44. The van der Waals surface area contributed by atoms with E-state index in [1.807, 2.05) is 14.1 Å². The Kier molecular flexibility index (Phi) is 5.91. The molecule has 1 amide bonds. The van der Waals surface area contributed by atoms with Gasteiger partial charge in [-0.2, -0.15) is 13.2 Å². The van der Waals surface area contributed by atoms with Gasteiger partial charge in [0.2, 0.25) is 5.91 Å². The van der Waals surface area contributed by atoms with Crippen molar-refractivity contribution in [1.29, 1.82) is 0 Å². The van der Waals surface area contributed by atoms with Crippen LogP contribution in [0.4, 0.5) is 13.2 Å². The summed E-state index contributed by atoms with van der Waals surface area (Å²) < 4.78 is 37.8. The Morgan fingerprint density at radius 2 is 1.58 bits per heavy atom. The SMILES string of the molecule is CN(C)C1CCCCC1N(C)C(=O)Cc1ccc(C(F)(F)F)cc1. The number of hydrogen-bond donors (Lipinski definition) is 0. The molecule has 1 fully saturated rings. The lowest BCUT2D eigenvalue weighted by molar-refractivity contribution is -0.137. The molecule has 1 aliphatic rings. The Bertz CT molecular complexity index is 554. The summed E-state index contributed by atoms with van der Waals surface area (Å²) in [4.78, 5) is 16.5. The van der Waals surface area contributed by atoms with Crippen molar-refractivity contribution in [3.05, 3.63) is 35.4 Å². The molecule has 0 aliphatic heterocycles. The first kappa shape index (κ1) is 18.8. The molecule has 0 bridgehead atoms. The molecule has 1 aromatic rings. The maximum Gasteiger partial charge on any atom is 0.416 e. The molecule has 24 heavy (non-hydrogen) atoms. The first-order valence-electron chi connectivity index (χ1n) is 8.28. The van der Waals surface area contributed by atoms with E-state index in [1.54, 1.807) is 11.9 Å². The highest BCUT2D eigenvalue weighted by molar-refractivity contribution is 5.79. The minimum atomic E-state index is -4.35. The molecule has 6 heteroatoms. The molecule has 0 saturated heterocycles. The highest BCUT2D eigenvalue weighted by Crippen LogP contribution is 2.29. The summed E-state index contributed by atoms with van der Waals surface area (Å²) in [5.41, 5.74) is -0.0796. The fraction of sp³-hybridized carbons (Fsp3) is 0.611. The van der Waals surface area contributed by atoms with Crippen LogP contribution in [0.1, 0.15) is 36.8 Å². The molecular weight excluding hydrogens is 317 g/mol. The summed E-state index contributed by atoms with van der Waals surface area (Å²) in [6.45, 7) is 0. The van der Waals surface area contributed by atoms with Gasteiger partial charge in [0, 0.05) is 19.1 Å². The van der Waals surface area contributed by atoms with Crippen LogP contribution in [0.2, 0.25) is 0 Å². The van der Waals surface area contributed by atoms with Gasteiger partial charge in [0.05, 0.1) is 12.0 Å². The monoisotopic (exact) mass is 342 g/mol. The van der Waals surface area contributed by atoms with E-state index in [1.165, 1.54) is 18.6 Å². The normalized spacial score (nSPS) is 21.8. The predicted molar refractivity (Wildman–Crippen MR) is 87.6 cm³/mol. The zero-order chi connectivity index (χ0) is 17.9. The smallest absolute Gasteiger partial charge is 0.341 e. The minimum Gasteiger partial charge on any atom is -0.341 e. The van der Waals surface area contributed by atoms with Gasteiger partial charge in [-0.1, -0.05) is 25.0 Å². The largest absolute Gasteiger partial charge is 0.416 e. The third-order valence-electron chi connectivity index (χ3n) is 4.88. The Morgan fingerprint density at radius 1 is 1.04 bits per heavy atom. The molecule has 1 aliphatic carbocycles. The molecule has 134 valence electrons. The second-order valence-electron chi connectivity index (χ2n) is 6.76. The van der Waals surface area contributed by atoms with Crippen LogP contribution in [0.3, 0.4) is 0 Å². The van der Waals surface area contributed by atoms with Crippen LogP contribution in [-0.2, 0) is 17.4 Å². The molecule has 2 atom stereocenters. The predicted octanol–water partition coefficient (Wildman–Crippen LogP) is 3.58. The van der Waals surface area contributed by atoms with E-state index in [9.17, 15) is 18.0 Å². The lowest BCUT2D eigenvalue weighted by Gasteiger charge is -2.41. The zero-order valence-electron chi connectivity index (χ0n) is 14.4. The third kappa shape index (κ3) is 4.50. The van der Waals surface area contributed by atoms with Crippen molar-refractivity contribution in [1.82, 2.24) is 9.80 Å². The molecule has 0 N–H and O–H groups in total. The number of halogens is 3. The van der Waals surface area contributed by atoms with Crippen molar-refractivity contribution >= 4 is 5.91 Å². The Morgan fingerprint density at radius 3 is 2.08 bits per heavy atom. The van der Waals surface area contributed by atoms with Crippen LogP contribution >= 0.6 is 0 Å². The van der Waals surface area contributed by atoms with Gasteiger partial charge in [0.1, 0.15) is 0 Å². The summed E-state index contributed by atoms with van der Waals surface area (Å²) in [6, 6.07) is 5.34. The van der Waals surface area contributed by atoms with Crippen LogP contribution in [-0.4, -0.2) is 48.9 Å². The standard InChI is InChI=1S/C18H25F3N2O/c1-22(2)15-6-4-5-7-16(15)23(3)17(24)12-13-8-10-14(11-9-13)18(19,20)21/h8-11,15-16H,4-7,12H2,1-3H3. The van der Waals surface area contributed by atoms with Gasteiger partial charge in [-0.05, 0) is 44.6 Å². The van der Waals surface area contributed by atoms with Gasteiger partial charge in [-0.25, -0.2) is 0 Å². The van der Waals surface area contributed by atoms with E-state index in [0.717, 1.165) is 31.4 Å². The van der Waals surface area contributed by atoms with Gasteiger partial charge in [0.25, 0.3) is 0 Å². The second kappa shape index (κ2) is 7.55. The number of carbonyl (C=O) groups is 1. The molecule has 1 aromatic carbocycles. The summed E-state index contributed by atoms with van der Waals surface area (Å²) in [5, 5.41) is 0. The molecule has 0 radical (unpaired) electrons. The van der Waals surface area contributed by atoms with Crippen molar-refractivity contribution < 1.29 is 18.0 Å². The van der Waals surface area contributed by atoms with Gasteiger partial charge in [-0.15, -0.1) is 0 Å². The maximum absolute atomic E-state index is 12.6. The lowest BCUT2D eigenvalue weighted by atomic mass is 9.88. The summed E-state index contributed by atoms with van der Waals surface area (Å²) >= 11 is 0. The van der Waals surface area contributed by atoms with Crippen molar-refractivity contribution in [2.45, 2.75) is 50.4 Å². The quantitative estimate of drug-likeness (QED) is 0.835. The van der Waals surface area contributed by atoms with Crippen molar-refractivity contribution in [2.75, 3.05) is 21.1 Å². The van der Waals surface area contributed by atoms with Crippen LogP contribution < -0.4 is 0 Å². The lowest BCUT2D eigenvalue weighted by Crippen LogP contribution is -2.52. The molecule has 0 heterocycles. The van der Waals surface area contributed by atoms with Gasteiger partial charge in [-0.3, -0.25) is 4.79 Å². The highest BCUT2D eigenvalue weighted by atomic mass is 19.4. The average molecular weight is 342 g/mol. The third-order valence-corrected chi connectivity index (χ3v) is 4.88. The molecule has 2 unspecified atom stereocenters. The zero-order valence-corrected chi connectivity index (χ0v) is 14.4. The average Bonchev–Trinajstić information content (AvgIpc) is 2.53. The van der Waals surface area contributed by atoms with Crippen LogP contribution in [0.5, 0.6) is 0 Å². The number of nitrogens with zero attached hydrogens (tertiary/aromatic N) is 2. The van der Waals surface area contributed by atoms with E-state index in [-0.39, 0.29) is 18.4 Å². The van der Waals surface area contributed by atoms with E-state index in [4.69, 9.17) is 0 Å². The molecule has 1 saturated carbocycles. The summed E-state index contributed by atoms with van der Waals surface area (Å²) in [5.74, 6) is -0.0477. The molecule has 0 aromatic heterocycles. The minimum absolute atomic E-state index is 0.0477. The van der Waals surface area contributed by atoms with E-state index < -0.39 is 11.7 Å². The van der Waals surface area contributed by atoms with Crippen LogP contribution in [0.15, 0.2) is 24.3 Å². The Balaban J connectivity index is 2.03. The number of carbonyl (C=O) groups excluding carboxylic acids is 1. The summed E-state index contributed by atoms with van der Waals surface area (Å²) in [6.07, 6.45) is 0.0898. The van der Waals surface area contributed by atoms with Crippen molar-refractivity contribution in [3.8, 4) is 0 Å². The van der Waals surface area contributed by atoms with Crippen LogP contribution in [0.25, 0.3) is 0 Å². The van der Waals surface area contributed by atoms with Gasteiger partial charge < -0.3 is 9.80 Å². The van der Waals surface area contributed by atoms with E-state index >= 15 is 0 Å². The Labute approximate surface area is 141 Å². The Hall–Kier alpha value is -1.56. The van der Waals surface area contributed by atoms with Crippen LogP contribution in [0, 0.1) is 0 Å². The number of likely N-dealkylation sites (N-methyl/N-ethyl adjacent to an activating group) is 2. The highest BCUT2D eigenvalue weighted by Gasteiger charge is 2.32. The maximum atomic E-state index is 12.6. The number of amides is 1. The summed E-state index contributed by atoms with van der Waals surface area (Å²) in [7, 11) is 5.85. The fourth-order valence-corrected chi connectivity index (χ4v) is 3.44. The van der Waals surface area contributed by atoms with E-state index in [2.05, 4.69) is 4.90 Å². The number of hydrogen-bond acceptors (Lipinski definition) is 2. The topological polar surface area (TPSA) is 23.6 Å².